The summed E-state index contributed by atoms with van der Waals surface area (Å²) in [6.45, 7) is 9.95. The molecule has 3 aliphatic rings. The standard InChI is InChI=1S/C22H32O4/c1-13(2)16-11-15-7-8-19-21(4,9-6-10-22(19,5)20(24)25)17(15)12-18(16)26-14(3)23/h7,11,13,17-19H,6,8-10,12H2,1-5H3,(H,24,25)/t17?,18?,19?,21-,22-/m1/s1. The predicted molar refractivity (Wildman–Crippen MR) is 100 cm³/mol. The number of carbonyl (C=O) groups is 2. The van der Waals surface area contributed by atoms with Crippen LogP contribution in [0.1, 0.15) is 66.7 Å². The largest absolute Gasteiger partial charge is 0.481 e. The second-order valence-corrected chi connectivity index (χ2v) is 9.26. The number of ether oxygens (including phenoxy) is 1. The Labute approximate surface area is 156 Å². The highest BCUT2D eigenvalue weighted by atomic mass is 16.5. The fourth-order valence-electron chi connectivity index (χ4n) is 5.95. The van der Waals surface area contributed by atoms with E-state index in [1.54, 1.807) is 0 Å². The summed E-state index contributed by atoms with van der Waals surface area (Å²) >= 11 is 0. The maximum atomic E-state index is 12.1. The van der Waals surface area contributed by atoms with Crippen molar-refractivity contribution in [2.75, 3.05) is 0 Å². The third-order valence-electron chi connectivity index (χ3n) is 7.38. The summed E-state index contributed by atoms with van der Waals surface area (Å²) in [5.74, 6) is -0.210. The second-order valence-electron chi connectivity index (χ2n) is 9.26. The van der Waals surface area contributed by atoms with Crippen LogP contribution in [0, 0.1) is 28.6 Å². The Hall–Kier alpha value is -1.58. The molecule has 3 unspecified atom stereocenters. The van der Waals surface area contributed by atoms with Crippen molar-refractivity contribution >= 4 is 11.9 Å². The average Bonchev–Trinajstić information content (AvgIpc) is 2.53. The van der Waals surface area contributed by atoms with Crippen molar-refractivity contribution in [3.63, 3.8) is 0 Å². The third-order valence-corrected chi connectivity index (χ3v) is 7.38. The van der Waals surface area contributed by atoms with Crippen LogP contribution in [0.2, 0.25) is 0 Å². The average molecular weight is 360 g/mol. The summed E-state index contributed by atoms with van der Waals surface area (Å²) in [5.41, 5.74) is 1.77. The lowest BCUT2D eigenvalue weighted by molar-refractivity contribution is -0.163. The van der Waals surface area contributed by atoms with Gasteiger partial charge in [0.2, 0.25) is 0 Å². The van der Waals surface area contributed by atoms with Gasteiger partial charge in [0.15, 0.2) is 0 Å². The first-order valence-electron chi connectivity index (χ1n) is 9.91. The fourth-order valence-corrected chi connectivity index (χ4v) is 5.95. The Morgan fingerprint density at radius 3 is 2.54 bits per heavy atom. The zero-order valence-electron chi connectivity index (χ0n) is 16.7. The SMILES string of the molecule is CC(=O)OC1CC2C(=CCC3[C@]2(C)CCC[C@@]3(C)C(=O)O)C=C1C(C)C. The lowest BCUT2D eigenvalue weighted by Gasteiger charge is -2.57. The maximum absolute atomic E-state index is 12.1. The van der Waals surface area contributed by atoms with Crippen molar-refractivity contribution in [2.45, 2.75) is 72.8 Å². The Bertz CT molecular complexity index is 674. The molecule has 0 aromatic heterocycles. The molecule has 144 valence electrons. The molecule has 1 saturated carbocycles. The van der Waals surface area contributed by atoms with Crippen LogP contribution in [0.25, 0.3) is 0 Å². The van der Waals surface area contributed by atoms with Gasteiger partial charge in [0.05, 0.1) is 5.41 Å². The van der Waals surface area contributed by atoms with E-state index >= 15 is 0 Å². The summed E-state index contributed by atoms with van der Waals surface area (Å²) < 4.78 is 5.69. The van der Waals surface area contributed by atoms with Crippen LogP contribution >= 0.6 is 0 Å². The van der Waals surface area contributed by atoms with E-state index in [0.29, 0.717) is 5.92 Å². The lowest BCUT2D eigenvalue weighted by Crippen LogP contribution is -2.54. The number of hydrogen-bond acceptors (Lipinski definition) is 3. The van der Waals surface area contributed by atoms with Crippen molar-refractivity contribution in [2.24, 2.45) is 28.6 Å². The van der Waals surface area contributed by atoms with Gasteiger partial charge in [-0.25, -0.2) is 0 Å². The van der Waals surface area contributed by atoms with Gasteiger partial charge >= 0.3 is 11.9 Å². The molecule has 1 fully saturated rings. The molecule has 0 spiro atoms. The third kappa shape index (κ3) is 2.91. The number of aliphatic carboxylic acids is 1. The number of fused-ring (bicyclic) bond motifs is 3. The van der Waals surface area contributed by atoms with Crippen LogP contribution in [0.15, 0.2) is 23.3 Å². The lowest BCUT2D eigenvalue weighted by atomic mass is 9.46. The van der Waals surface area contributed by atoms with Gasteiger partial charge in [-0.15, -0.1) is 0 Å². The van der Waals surface area contributed by atoms with Gasteiger partial charge in [-0.05, 0) is 66.9 Å². The van der Waals surface area contributed by atoms with Crippen LogP contribution in [0.4, 0.5) is 0 Å². The Balaban J connectivity index is 2.03. The van der Waals surface area contributed by atoms with Crippen LogP contribution in [-0.2, 0) is 14.3 Å². The fraction of sp³-hybridized carbons (Fsp3) is 0.727. The monoisotopic (exact) mass is 360 g/mol. The zero-order chi connectivity index (χ0) is 19.3. The molecule has 3 rings (SSSR count). The summed E-state index contributed by atoms with van der Waals surface area (Å²) in [7, 11) is 0. The van der Waals surface area contributed by atoms with Gasteiger partial charge in [-0.1, -0.05) is 39.3 Å². The van der Waals surface area contributed by atoms with Crippen molar-refractivity contribution < 1.29 is 19.4 Å². The molecule has 5 atom stereocenters. The zero-order valence-corrected chi connectivity index (χ0v) is 16.7. The highest BCUT2D eigenvalue weighted by Crippen LogP contribution is 2.62. The van der Waals surface area contributed by atoms with Crippen molar-refractivity contribution in [1.82, 2.24) is 0 Å². The smallest absolute Gasteiger partial charge is 0.309 e. The van der Waals surface area contributed by atoms with Gasteiger partial charge in [-0.2, -0.15) is 0 Å². The van der Waals surface area contributed by atoms with Gasteiger partial charge in [0, 0.05) is 6.92 Å². The van der Waals surface area contributed by atoms with Gasteiger partial charge in [0.1, 0.15) is 6.10 Å². The van der Waals surface area contributed by atoms with E-state index in [4.69, 9.17) is 4.74 Å². The Kier molecular flexibility index (Phi) is 4.83. The normalized spacial score (nSPS) is 39.4. The van der Waals surface area contributed by atoms with E-state index in [1.165, 1.54) is 18.1 Å². The molecule has 0 aromatic rings. The molecular weight excluding hydrogens is 328 g/mol. The number of carboxylic acid groups (broad SMARTS) is 1. The number of esters is 1. The first kappa shape index (κ1) is 19.2. The maximum Gasteiger partial charge on any atom is 0.309 e. The molecule has 0 heterocycles. The van der Waals surface area contributed by atoms with E-state index in [1.807, 2.05) is 6.92 Å². The molecule has 0 amide bonds. The van der Waals surface area contributed by atoms with E-state index in [2.05, 4.69) is 32.9 Å². The molecule has 4 nitrogen and oxygen atoms in total. The number of allylic oxidation sites excluding steroid dienone is 3. The minimum atomic E-state index is -0.673. The second kappa shape index (κ2) is 6.54. The quantitative estimate of drug-likeness (QED) is 0.738. The topological polar surface area (TPSA) is 63.6 Å². The summed E-state index contributed by atoms with van der Waals surface area (Å²) in [5, 5.41) is 9.93. The molecule has 1 N–H and O–H groups in total. The highest BCUT2D eigenvalue weighted by molar-refractivity contribution is 5.75. The summed E-state index contributed by atoms with van der Waals surface area (Å²) in [4.78, 5) is 23.7. The highest BCUT2D eigenvalue weighted by Gasteiger charge is 2.58. The van der Waals surface area contributed by atoms with Gasteiger partial charge in [-0.3, -0.25) is 9.59 Å². The van der Waals surface area contributed by atoms with E-state index in [9.17, 15) is 14.7 Å². The van der Waals surface area contributed by atoms with E-state index < -0.39 is 11.4 Å². The van der Waals surface area contributed by atoms with Gasteiger partial charge in [0.25, 0.3) is 0 Å². The Morgan fingerprint density at radius 1 is 1.27 bits per heavy atom. The van der Waals surface area contributed by atoms with Crippen LogP contribution in [0.3, 0.4) is 0 Å². The molecule has 0 aliphatic heterocycles. The number of rotatable bonds is 3. The molecule has 0 aromatic carbocycles. The van der Waals surface area contributed by atoms with Crippen LogP contribution < -0.4 is 0 Å². The molecule has 26 heavy (non-hydrogen) atoms. The Morgan fingerprint density at radius 2 is 1.96 bits per heavy atom. The summed E-state index contributed by atoms with van der Waals surface area (Å²) in [6, 6.07) is 0. The first-order valence-corrected chi connectivity index (χ1v) is 9.91. The minimum Gasteiger partial charge on any atom is -0.481 e. The number of carboxylic acids is 1. The van der Waals surface area contributed by atoms with Crippen molar-refractivity contribution in [3.8, 4) is 0 Å². The van der Waals surface area contributed by atoms with E-state index in [-0.39, 0.29) is 29.3 Å². The molecule has 0 radical (unpaired) electrons. The molecular formula is C22H32O4. The van der Waals surface area contributed by atoms with E-state index in [0.717, 1.165) is 32.1 Å². The summed E-state index contributed by atoms with van der Waals surface area (Å²) in [6.07, 6.45) is 8.64. The minimum absolute atomic E-state index is 0.0626. The number of hydrogen-bond donors (Lipinski definition) is 1. The molecule has 4 heteroatoms. The predicted octanol–water partition coefficient (Wildman–Crippen LogP) is 4.75. The number of carbonyl (C=O) groups excluding carboxylic acids is 1. The molecule has 0 bridgehead atoms. The van der Waals surface area contributed by atoms with Crippen molar-refractivity contribution in [1.29, 1.82) is 0 Å². The van der Waals surface area contributed by atoms with Crippen LogP contribution in [0.5, 0.6) is 0 Å². The van der Waals surface area contributed by atoms with Crippen molar-refractivity contribution in [3.05, 3.63) is 23.3 Å². The van der Waals surface area contributed by atoms with Crippen LogP contribution in [-0.4, -0.2) is 23.1 Å². The molecule has 0 saturated heterocycles. The van der Waals surface area contributed by atoms with Gasteiger partial charge < -0.3 is 9.84 Å². The molecule has 3 aliphatic carbocycles. The first-order chi connectivity index (χ1) is 12.1.